The van der Waals surface area contributed by atoms with Gasteiger partial charge in [-0.2, -0.15) is 0 Å². The highest BCUT2D eigenvalue weighted by Crippen LogP contribution is 2.32. The number of rotatable bonds is 7. The molecule has 0 aliphatic heterocycles. The van der Waals surface area contributed by atoms with Crippen LogP contribution in [0.25, 0.3) is 11.0 Å². The van der Waals surface area contributed by atoms with E-state index in [1.165, 1.54) is 30.7 Å². The zero-order chi connectivity index (χ0) is 20.2. The first-order chi connectivity index (χ1) is 14.2. The lowest BCUT2D eigenvalue weighted by atomic mass is 10.1. The van der Waals surface area contributed by atoms with Crippen molar-refractivity contribution in [1.82, 2.24) is 19.9 Å². The molecule has 2 aromatic heterocycles. The molecule has 7 heteroatoms. The topological polar surface area (TPSA) is 59.8 Å². The molecular formula is C22H25FN4OS. The number of nitrogens with zero attached hydrogens (tertiary/aromatic N) is 3. The number of fused-ring (bicyclic) bond motifs is 1. The number of hydrogen-bond acceptors (Lipinski definition) is 4. The molecule has 5 nitrogen and oxygen atoms in total. The van der Waals surface area contributed by atoms with Crippen LogP contribution < -0.4 is 5.32 Å². The largest absolute Gasteiger partial charge is 0.352 e. The van der Waals surface area contributed by atoms with Crippen LogP contribution in [0.4, 0.5) is 4.39 Å². The number of aromatic nitrogens is 3. The van der Waals surface area contributed by atoms with E-state index in [1.807, 2.05) is 23.6 Å². The van der Waals surface area contributed by atoms with E-state index >= 15 is 0 Å². The molecule has 1 saturated carbocycles. The number of benzene rings is 1. The Balaban J connectivity index is 1.64. The number of nitrogens with one attached hydrogen (secondary N) is 1. The molecule has 3 aromatic rings. The second-order valence-electron chi connectivity index (χ2n) is 7.42. The van der Waals surface area contributed by atoms with Crippen LogP contribution in [0.15, 0.2) is 47.9 Å². The molecule has 1 N–H and O–H groups in total. The Morgan fingerprint density at radius 2 is 2.10 bits per heavy atom. The molecule has 2 heterocycles. The molecule has 1 aliphatic carbocycles. The summed E-state index contributed by atoms with van der Waals surface area (Å²) in [5.74, 6) is 0.245. The normalized spacial score (nSPS) is 15.7. The Kier molecular flexibility index (Phi) is 6.13. The van der Waals surface area contributed by atoms with Gasteiger partial charge in [0, 0.05) is 18.0 Å². The van der Waals surface area contributed by atoms with Crippen molar-refractivity contribution in [2.24, 2.45) is 0 Å². The molecule has 0 spiro atoms. The first-order valence-electron chi connectivity index (χ1n) is 10.2. The fraction of sp³-hybridized carbons (Fsp3) is 0.409. The Bertz CT molecular complexity index is 999. The molecular weight excluding hydrogens is 387 g/mol. The first kappa shape index (κ1) is 19.9. The van der Waals surface area contributed by atoms with E-state index < -0.39 is 0 Å². The first-order valence-corrected chi connectivity index (χ1v) is 11.1. The summed E-state index contributed by atoms with van der Waals surface area (Å²) in [4.78, 5) is 22.1. The van der Waals surface area contributed by atoms with Gasteiger partial charge in [0.25, 0.3) is 0 Å². The van der Waals surface area contributed by atoms with Crippen molar-refractivity contribution >= 4 is 28.7 Å². The number of hydrogen-bond donors (Lipinski definition) is 1. The summed E-state index contributed by atoms with van der Waals surface area (Å²) >= 11 is 1.45. The fourth-order valence-electron chi connectivity index (χ4n) is 3.93. The lowest BCUT2D eigenvalue weighted by Crippen LogP contribution is -2.38. The highest BCUT2D eigenvalue weighted by Gasteiger charge is 2.27. The average molecular weight is 413 g/mol. The van der Waals surface area contributed by atoms with Crippen LogP contribution in [0.3, 0.4) is 0 Å². The summed E-state index contributed by atoms with van der Waals surface area (Å²) in [5.41, 5.74) is 2.25. The third-order valence-electron chi connectivity index (χ3n) is 5.48. The monoisotopic (exact) mass is 412 g/mol. The molecule has 0 bridgehead atoms. The zero-order valence-corrected chi connectivity index (χ0v) is 17.3. The van der Waals surface area contributed by atoms with Gasteiger partial charge in [-0.3, -0.25) is 9.78 Å². The number of halogens is 1. The average Bonchev–Trinajstić information content (AvgIpc) is 3.36. The maximum atomic E-state index is 14.1. The van der Waals surface area contributed by atoms with Crippen molar-refractivity contribution in [3.05, 3.63) is 54.1 Å². The van der Waals surface area contributed by atoms with E-state index in [1.54, 1.807) is 24.5 Å². The zero-order valence-electron chi connectivity index (χ0n) is 16.5. The van der Waals surface area contributed by atoms with Crippen molar-refractivity contribution in [2.45, 2.75) is 62.0 Å². The van der Waals surface area contributed by atoms with Crippen LogP contribution in [-0.4, -0.2) is 26.5 Å². The Morgan fingerprint density at radius 1 is 1.31 bits per heavy atom. The smallest absolute Gasteiger partial charge is 0.243 e. The predicted molar refractivity (Wildman–Crippen MR) is 113 cm³/mol. The van der Waals surface area contributed by atoms with E-state index in [-0.39, 0.29) is 23.8 Å². The SMILES string of the molecule is CCC(C(=O)NC1CCCC1)n1c(SCc2ccccc2F)nc2ccncc21. The summed E-state index contributed by atoms with van der Waals surface area (Å²) < 4.78 is 16.0. The minimum absolute atomic E-state index is 0.0234. The van der Waals surface area contributed by atoms with Crippen molar-refractivity contribution < 1.29 is 9.18 Å². The highest BCUT2D eigenvalue weighted by molar-refractivity contribution is 7.98. The number of carbonyl (C=O) groups excluding carboxylic acids is 1. The van der Waals surface area contributed by atoms with Gasteiger partial charge in [-0.25, -0.2) is 9.37 Å². The second kappa shape index (κ2) is 8.95. The number of thioether (sulfide) groups is 1. The van der Waals surface area contributed by atoms with Gasteiger partial charge in [0.15, 0.2) is 5.16 Å². The number of amides is 1. The minimum Gasteiger partial charge on any atom is -0.352 e. The van der Waals surface area contributed by atoms with Crippen molar-refractivity contribution in [2.75, 3.05) is 0 Å². The van der Waals surface area contributed by atoms with Gasteiger partial charge in [0.1, 0.15) is 11.9 Å². The molecule has 1 aliphatic rings. The van der Waals surface area contributed by atoms with Crippen LogP contribution >= 0.6 is 11.8 Å². The van der Waals surface area contributed by atoms with Gasteiger partial charge in [-0.15, -0.1) is 0 Å². The number of pyridine rings is 1. The van der Waals surface area contributed by atoms with Gasteiger partial charge in [0.05, 0.1) is 17.2 Å². The third kappa shape index (κ3) is 4.29. The van der Waals surface area contributed by atoms with Crippen molar-refractivity contribution in [3.63, 3.8) is 0 Å². The lowest BCUT2D eigenvalue weighted by Gasteiger charge is -2.22. The van der Waals surface area contributed by atoms with Gasteiger partial charge >= 0.3 is 0 Å². The van der Waals surface area contributed by atoms with Crippen molar-refractivity contribution in [3.8, 4) is 0 Å². The highest BCUT2D eigenvalue weighted by atomic mass is 32.2. The number of imidazole rings is 1. The van der Waals surface area contributed by atoms with Crippen LogP contribution in [0.1, 0.15) is 50.6 Å². The summed E-state index contributed by atoms with van der Waals surface area (Å²) in [6, 6.07) is 8.50. The molecule has 1 unspecified atom stereocenters. The van der Waals surface area contributed by atoms with Gasteiger partial charge in [0.2, 0.25) is 5.91 Å². The van der Waals surface area contributed by atoms with Crippen LogP contribution in [-0.2, 0) is 10.5 Å². The third-order valence-corrected chi connectivity index (χ3v) is 6.48. The lowest BCUT2D eigenvalue weighted by molar-refractivity contribution is -0.125. The van der Waals surface area contributed by atoms with Crippen molar-refractivity contribution in [1.29, 1.82) is 0 Å². The summed E-state index contributed by atoms with van der Waals surface area (Å²) in [7, 11) is 0. The maximum Gasteiger partial charge on any atom is 0.243 e. The van der Waals surface area contributed by atoms with Crippen LogP contribution in [0, 0.1) is 5.82 Å². The predicted octanol–water partition coefficient (Wildman–Crippen LogP) is 4.87. The molecule has 4 rings (SSSR count). The summed E-state index contributed by atoms with van der Waals surface area (Å²) in [6.07, 6.45) is 8.52. The summed E-state index contributed by atoms with van der Waals surface area (Å²) in [6.45, 7) is 2.01. The Morgan fingerprint density at radius 3 is 2.86 bits per heavy atom. The quantitative estimate of drug-likeness (QED) is 0.562. The van der Waals surface area contributed by atoms with Gasteiger partial charge < -0.3 is 9.88 Å². The number of carbonyl (C=O) groups is 1. The van der Waals surface area contributed by atoms with Crippen LogP contribution in [0.2, 0.25) is 0 Å². The maximum absolute atomic E-state index is 14.1. The molecule has 152 valence electrons. The van der Waals surface area contributed by atoms with Crippen LogP contribution in [0.5, 0.6) is 0 Å². The molecule has 29 heavy (non-hydrogen) atoms. The Hall–Kier alpha value is -2.41. The molecule has 1 atom stereocenters. The molecule has 0 radical (unpaired) electrons. The van der Waals surface area contributed by atoms with E-state index in [9.17, 15) is 9.18 Å². The van der Waals surface area contributed by atoms with Gasteiger partial charge in [-0.1, -0.05) is 49.7 Å². The van der Waals surface area contributed by atoms with E-state index in [0.717, 1.165) is 23.9 Å². The Labute approximate surface area is 174 Å². The molecule has 1 fully saturated rings. The fourth-order valence-corrected chi connectivity index (χ4v) is 4.98. The standard InChI is InChI=1S/C22H25FN4OS/c1-2-19(21(28)25-16-8-4-5-9-16)27-20-13-24-12-11-18(20)26-22(27)29-14-15-7-3-6-10-17(15)23/h3,6-7,10-13,16,19H,2,4-5,8-9,14H2,1H3,(H,25,28). The second-order valence-corrected chi connectivity index (χ2v) is 8.37. The van der Waals surface area contributed by atoms with Gasteiger partial charge in [-0.05, 0) is 37.0 Å². The molecule has 1 amide bonds. The van der Waals surface area contributed by atoms with E-state index in [4.69, 9.17) is 4.98 Å². The van der Waals surface area contributed by atoms with E-state index in [0.29, 0.717) is 22.9 Å². The molecule has 1 aromatic carbocycles. The molecule has 0 saturated heterocycles. The van der Waals surface area contributed by atoms with E-state index in [2.05, 4.69) is 10.3 Å². The summed E-state index contributed by atoms with van der Waals surface area (Å²) in [5, 5.41) is 3.93. The minimum atomic E-state index is -0.368.